The van der Waals surface area contributed by atoms with Crippen LogP contribution in [0.3, 0.4) is 0 Å². The van der Waals surface area contributed by atoms with Crippen molar-refractivity contribution in [3.05, 3.63) is 60.8 Å². The lowest BCUT2D eigenvalue weighted by Crippen LogP contribution is -2.28. The maximum absolute atomic E-state index is 12.1. The molecule has 0 aromatic rings. The molecule has 0 aliphatic carbocycles. The van der Waals surface area contributed by atoms with Crippen molar-refractivity contribution in [2.45, 2.75) is 155 Å². The number of unbranched alkanes of at least 4 members (excludes halogenated alkanes) is 12. The van der Waals surface area contributed by atoms with Gasteiger partial charge in [0.15, 0.2) is 6.10 Å². The van der Waals surface area contributed by atoms with E-state index in [1.807, 2.05) is 0 Å². The normalized spacial score (nSPS) is 12.9. The van der Waals surface area contributed by atoms with Gasteiger partial charge in [0, 0.05) is 12.8 Å². The maximum Gasteiger partial charge on any atom is 0.306 e. The monoisotopic (exact) mass is 600 g/mol. The van der Waals surface area contributed by atoms with Gasteiger partial charge in [0.1, 0.15) is 6.61 Å². The van der Waals surface area contributed by atoms with Crippen LogP contribution in [0.15, 0.2) is 60.8 Å². The van der Waals surface area contributed by atoms with Crippen LogP contribution in [0.2, 0.25) is 0 Å². The van der Waals surface area contributed by atoms with Gasteiger partial charge in [0.2, 0.25) is 0 Å². The summed E-state index contributed by atoms with van der Waals surface area (Å²) in [5, 5.41) is 9.50. The van der Waals surface area contributed by atoms with Crippen LogP contribution in [0.4, 0.5) is 0 Å². The highest BCUT2D eigenvalue weighted by Gasteiger charge is 2.16. The van der Waals surface area contributed by atoms with Crippen molar-refractivity contribution in [3.63, 3.8) is 0 Å². The lowest BCUT2D eigenvalue weighted by molar-refractivity contribution is -0.161. The highest BCUT2D eigenvalue weighted by Crippen LogP contribution is 2.11. The topological polar surface area (TPSA) is 72.8 Å². The number of hydrogen-bond donors (Lipinski definition) is 1. The molecule has 0 radical (unpaired) electrons. The average Bonchev–Trinajstić information content (AvgIpc) is 3.01. The van der Waals surface area contributed by atoms with Crippen molar-refractivity contribution in [1.29, 1.82) is 0 Å². The lowest BCUT2D eigenvalue weighted by atomic mass is 10.1. The van der Waals surface area contributed by atoms with E-state index in [1.165, 1.54) is 38.5 Å². The average molecular weight is 601 g/mol. The predicted octanol–water partition coefficient (Wildman–Crippen LogP) is 10.4. The van der Waals surface area contributed by atoms with Gasteiger partial charge in [-0.15, -0.1) is 0 Å². The Hall–Kier alpha value is -2.40. The molecule has 0 spiro atoms. The van der Waals surface area contributed by atoms with E-state index in [0.717, 1.165) is 83.5 Å². The first-order valence-electron chi connectivity index (χ1n) is 17.3. The lowest BCUT2D eigenvalue weighted by Gasteiger charge is -2.15. The third kappa shape index (κ3) is 32.4. The first-order chi connectivity index (χ1) is 21.1. The zero-order chi connectivity index (χ0) is 31.5. The third-order valence-corrected chi connectivity index (χ3v) is 7.03. The Morgan fingerprint density at radius 2 is 1.00 bits per heavy atom. The van der Waals surface area contributed by atoms with Crippen LogP contribution in [0.1, 0.15) is 149 Å². The Kier molecular flexibility index (Phi) is 32.2. The number of rotatable bonds is 30. The molecule has 0 saturated heterocycles. The zero-order valence-electron chi connectivity index (χ0n) is 27.7. The summed E-state index contributed by atoms with van der Waals surface area (Å²) in [6.45, 7) is 3.92. The molecule has 43 heavy (non-hydrogen) atoms. The summed E-state index contributed by atoms with van der Waals surface area (Å²) in [6, 6.07) is 0. The van der Waals surface area contributed by atoms with E-state index in [-0.39, 0.29) is 25.2 Å². The van der Waals surface area contributed by atoms with E-state index in [9.17, 15) is 14.7 Å². The zero-order valence-corrected chi connectivity index (χ0v) is 27.7. The molecule has 1 atom stereocenters. The van der Waals surface area contributed by atoms with Gasteiger partial charge in [-0.05, 0) is 70.6 Å². The Balaban J connectivity index is 3.64. The highest BCUT2D eigenvalue weighted by molar-refractivity contribution is 5.70. The van der Waals surface area contributed by atoms with E-state index in [0.29, 0.717) is 12.8 Å². The number of ether oxygens (including phenoxy) is 2. The Labute approximate surface area is 264 Å². The minimum absolute atomic E-state index is 0.0789. The molecule has 0 aliphatic heterocycles. The number of carbonyl (C=O) groups is 2. The number of hydrogen-bond acceptors (Lipinski definition) is 5. The van der Waals surface area contributed by atoms with Crippen LogP contribution < -0.4 is 0 Å². The number of allylic oxidation sites excluding steroid dienone is 10. The van der Waals surface area contributed by atoms with Crippen LogP contribution >= 0.6 is 0 Å². The van der Waals surface area contributed by atoms with Crippen molar-refractivity contribution < 1.29 is 24.2 Å². The Bertz CT molecular complexity index is 777. The van der Waals surface area contributed by atoms with Crippen molar-refractivity contribution >= 4 is 11.9 Å². The fourth-order valence-electron chi connectivity index (χ4n) is 4.43. The summed E-state index contributed by atoms with van der Waals surface area (Å²) >= 11 is 0. The molecule has 0 amide bonds. The van der Waals surface area contributed by atoms with Gasteiger partial charge in [0.05, 0.1) is 6.61 Å². The second-order valence-corrected chi connectivity index (χ2v) is 11.2. The molecule has 0 rings (SSSR count). The molecule has 1 N–H and O–H groups in total. The second kappa shape index (κ2) is 34.1. The van der Waals surface area contributed by atoms with Crippen LogP contribution in [0, 0.1) is 0 Å². The molecule has 246 valence electrons. The molecule has 0 aromatic heterocycles. The van der Waals surface area contributed by atoms with E-state index < -0.39 is 6.10 Å². The van der Waals surface area contributed by atoms with Gasteiger partial charge in [-0.25, -0.2) is 0 Å². The van der Waals surface area contributed by atoms with Gasteiger partial charge in [0.25, 0.3) is 0 Å². The van der Waals surface area contributed by atoms with Gasteiger partial charge in [-0.1, -0.05) is 126 Å². The van der Waals surface area contributed by atoms with Crippen molar-refractivity contribution in [2.75, 3.05) is 13.2 Å². The molecule has 0 heterocycles. The van der Waals surface area contributed by atoms with E-state index in [2.05, 4.69) is 74.6 Å². The molecule has 5 nitrogen and oxygen atoms in total. The van der Waals surface area contributed by atoms with Crippen LogP contribution in [0.5, 0.6) is 0 Å². The highest BCUT2D eigenvalue weighted by atomic mass is 16.6. The number of carbonyl (C=O) groups excluding carboxylic acids is 2. The summed E-state index contributed by atoms with van der Waals surface area (Å²) in [7, 11) is 0. The standard InChI is InChI=1S/C38H64O5/c1-3-5-7-9-11-13-15-16-17-18-19-20-21-22-23-25-27-29-31-33-38(41)43-36(34-39)35-42-37(40)32-30-28-26-24-14-12-10-8-6-4-2/h5,7-8,10-11,13,16-17,19-20,36,39H,3-4,6,9,12,14-15,18,21-35H2,1-2H3/b7-5-,10-8-,13-11-,17-16-,20-19-. The van der Waals surface area contributed by atoms with E-state index >= 15 is 0 Å². The quantitative estimate of drug-likeness (QED) is 0.0504. The smallest absolute Gasteiger partial charge is 0.306 e. The minimum atomic E-state index is -0.782. The molecule has 0 saturated carbocycles. The molecular formula is C38H64O5. The molecule has 5 heteroatoms. The first kappa shape index (κ1) is 40.6. The van der Waals surface area contributed by atoms with Gasteiger partial charge in [-0.2, -0.15) is 0 Å². The molecule has 1 unspecified atom stereocenters. The largest absolute Gasteiger partial charge is 0.462 e. The predicted molar refractivity (Wildman–Crippen MR) is 182 cm³/mol. The Morgan fingerprint density at radius 3 is 1.53 bits per heavy atom. The second-order valence-electron chi connectivity index (χ2n) is 11.2. The Morgan fingerprint density at radius 1 is 0.558 bits per heavy atom. The van der Waals surface area contributed by atoms with Crippen LogP contribution in [0.25, 0.3) is 0 Å². The summed E-state index contributed by atoms with van der Waals surface area (Å²) in [5.41, 5.74) is 0. The van der Waals surface area contributed by atoms with Crippen molar-refractivity contribution in [3.8, 4) is 0 Å². The fraction of sp³-hybridized carbons (Fsp3) is 0.684. The molecule has 0 aromatic carbocycles. The molecule has 0 bridgehead atoms. The minimum Gasteiger partial charge on any atom is -0.462 e. The SMILES string of the molecule is CC/C=C\C/C=C\C/C=C\C/C=C\CCCCCCCCC(=O)OC(CO)COC(=O)CCCCCCC/C=C\CCC. The summed E-state index contributed by atoms with van der Waals surface area (Å²) < 4.78 is 10.5. The maximum atomic E-state index is 12.1. The molecule has 0 aliphatic rings. The van der Waals surface area contributed by atoms with Crippen molar-refractivity contribution in [1.82, 2.24) is 0 Å². The van der Waals surface area contributed by atoms with Gasteiger partial charge >= 0.3 is 11.9 Å². The summed E-state index contributed by atoms with van der Waals surface area (Å²) in [6.07, 6.45) is 42.8. The van der Waals surface area contributed by atoms with Crippen LogP contribution in [-0.2, 0) is 19.1 Å². The molecule has 0 fully saturated rings. The van der Waals surface area contributed by atoms with Gasteiger partial charge in [-0.3, -0.25) is 9.59 Å². The first-order valence-corrected chi connectivity index (χ1v) is 17.3. The fourth-order valence-corrected chi connectivity index (χ4v) is 4.43. The van der Waals surface area contributed by atoms with Gasteiger partial charge < -0.3 is 14.6 Å². The van der Waals surface area contributed by atoms with E-state index in [4.69, 9.17) is 9.47 Å². The number of aliphatic hydroxyl groups excluding tert-OH is 1. The summed E-state index contributed by atoms with van der Waals surface area (Å²) in [5.74, 6) is -0.627. The van der Waals surface area contributed by atoms with Crippen molar-refractivity contribution in [2.24, 2.45) is 0 Å². The number of esters is 2. The summed E-state index contributed by atoms with van der Waals surface area (Å²) in [4.78, 5) is 24.1. The number of aliphatic hydroxyl groups is 1. The third-order valence-electron chi connectivity index (χ3n) is 7.03. The van der Waals surface area contributed by atoms with E-state index in [1.54, 1.807) is 0 Å². The van der Waals surface area contributed by atoms with Crippen LogP contribution in [-0.4, -0.2) is 36.4 Å². The molecular weight excluding hydrogens is 536 g/mol.